The lowest BCUT2D eigenvalue weighted by atomic mass is 10.2. The Morgan fingerprint density at radius 2 is 2.08 bits per heavy atom. The molecule has 6 heteroatoms. The van der Waals surface area contributed by atoms with Crippen molar-refractivity contribution < 1.29 is 13.9 Å². The second kappa shape index (κ2) is 9.68. The Morgan fingerprint density at radius 1 is 1.32 bits per heavy atom. The van der Waals surface area contributed by atoms with Crippen LogP contribution < -0.4 is 10.1 Å². The summed E-state index contributed by atoms with van der Waals surface area (Å²) < 4.78 is 19.3. The van der Waals surface area contributed by atoms with Crippen molar-refractivity contribution in [2.24, 2.45) is 0 Å². The molecule has 0 radical (unpaired) electrons. The third-order valence-electron chi connectivity index (χ3n) is 3.53. The Morgan fingerprint density at radius 3 is 2.80 bits per heavy atom. The number of carbonyl (C=O) groups excluding carboxylic acids is 1. The molecular formula is C19H21ClFNO2S. The number of benzene rings is 2. The zero-order valence-corrected chi connectivity index (χ0v) is 15.8. The summed E-state index contributed by atoms with van der Waals surface area (Å²) in [6.07, 6.45) is -0.576. The first-order chi connectivity index (χ1) is 12.0. The van der Waals surface area contributed by atoms with Crippen LogP contribution in [0.3, 0.4) is 0 Å². The van der Waals surface area contributed by atoms with Crippen LogP contribution in [-0.4, -0.2) is 24.3 Å². The smallest absolute Gasteiger partial charge is 0.260 e. The Labute approximate surface area is 156 Å². The highest BCUT2D eigenvalue weighted by molar-refractivity contribution is 7.98. The lowest BCUT2D eigenvalue weighted by Crippen LogP contribution is -2.37. The number of nitrogens with one attached hydrogen (secondary N) is 1. The lowest BCUT2D eigenvalue weighted by Gasteiger charge is -2.15. The number of ether oxygens (including phenoxy) is 1. The maximum Gasteiger partial charge on any atom is 0.260 e. The average Bonchev–Trinajstić information content (AvgIpc) is 2.56. The molecule has 1 unspecified atom stereocenters. The SMILES string of the molecule is Cc1cccc(OC(C)C(=O)NCCSCc2c(F)cccc2Cl)c1. The molecule has 1 N–H and O–H groups in total. The van der Waals surface area contributed by atoms with Gasteiger partial charge < -0.3 is 10.1 Å². The molecule has 2 rings (SSSR count). The number of amides is 1. The van der Waals surface area contributed by atoms with E-state index in [1.807, 2.05) is 31.2 Å². The summed E-state index contributed by atoms with van der Waals surface area (Å²) in [6.45, 7) is 4.16. The van der Waals surface area contributed by atoms with E-state index in [-0.39, 0.29) is 11.7 Å². The first-order valence-corrected chi connectivity index (χ1v) is 9.52. The zero-order valence-electron chi connectivity index (χ0n) is 14.2. The molecule has 0 bridgehead atoms. The molecule has 2 aromatic carbocycles. The van der Waals surface area contributed by atoms with Crippen molar-refractivity contribution in [2.75, 3.05) is 12.3 Å². The second-order valence-electron chi connectivity index (χ2n) is 5.62. The molecule has 0 saturated heterocycles. The number of carbonyl (C=O) groups is 1. The summed E-state index contributed by atoms with van der Waals surface area (Å²) in [6, 6.07) is 12.2. The van der Waals surface area contributed by atoms with E-state index in [1.54, 1.807) is 19.1 Å². The first kappa shape index (κ1) is 19.6. The monoisotopic (exact) mass is 381 g/mol. The van der Waals surface area contributed by atoms with Gasteiger partial charge in [-0.2, -0.15) is 11.8 Å². The third-order valence-corrected chi connectivity index (χ3v) is 4.87. The van der Waals surface area contributed by atoms with Gasteiger partial charge in [0, 0.05) is 28.6 Å². The minimum Gasteiger partial charge on any atom is -0.481 e. The van der Waals surface area contributed by atoms with Gasteiger partial charge in [0.05, 0.1) is 0 Å². The van der Waals surface area contributed by atoms with Gasteiger partial charge in [-0.3, -0.25) is 4.79 Å². The fraction of sp³-hybridized carbons (Fsp3) is 0.316. The molecule has 2 aromatic rings. The summed E-state index contributed by atoms with van der Waals surface area (Å²) >= 11 is 7.50. The lowest BCUT2D eigenvalue weighted by molar-refractivity contribution is -0.127. The highest BCUT2D eigenvalue weighted by Gasteiger charge is 2.14. The Hall–Kier alpha value is -1.72. The van der Waals surface area contributed by atoms with Gasteiger partial charge in [0.2, 0.25) is 0 Å². The average molecular weight is 382 g/mol. The van der Waals surface area contributed by atoms with Crippen molar-refractivity contribution in [3.63, 3.8) is 0 Å². The summed E-state index contributed by atoms with van der Waals surface area (Å²) in [5.74, 6) is 1.33. The topological polar surface area (TPSA) is 38.3 Å². The maximum absolute atomic E-state index is 13.6. The molecule has 134 valence electrons. The van der Waals surface area contributed by atoms with E-state index in [1.165, 1.54) is 17.8 Å². The molecule has 0 aromatic heterocycles. The van der Waals surface area contributed by atoms with Crippen LogP contribution in [0.15, 0.2) is 42.5 Å². The summed E-state index contributed by atoms with van der Waals surface area (Å²) in [4.78, 5) is 12.0. The molecule has 0 spiro atoms. The van der Waals surface area contributed by atoms with Gasteiger partial charge in [0.15, 0.2) is 6.10 Å². The minimum absolute atomic E-state index is 0.175. The molecule has 0 aliphatic carbocycles. The second-order valence-corrected chi connectivity index (χ2v) is 7.13. The normalized spacial score (nSPS) is 11.8. The quantitative estimate of drug-likeness (QED) is 0.679. The highest BCUT2D eigenvalue weighted by Crippen LogP contribution is 2.23. The van der Waals surface area contributed by atoms with Crippen LogP contribution in [0, 0.1) is 12.7 Å². The fourth-order valence-electron chi connectivity index (χ4n) is 2.18. The Bertz CT molecular complexity index is 706. The molecule has 0 heterocycles. The zero-order chi connectivity index (χ0) is 18.2. The number of hydrogen-bond acceptors (Lipinski definition) is 3. The highest BCUT2D eigenvalue weighted by atomic mass is 35.5. The summed E-state index contributed by atoms with van der Waals surface area (Å²) in [5, 5.41) is 3.25. The number of aryl methyl sites for hydroxylation is 1. The van der Waals surface area contributed by atoms with E-state index in [2.05, 4.69) is 5.32 Å². The molecule has 1 atom stereocenters. The number of rotatable bonds is 8. The summed E-state index contributed by atoms with van der Waals surface area (Å²) in [5.41, 5.74) is 1.57. The molecule has 0 aliphatic rings. The number of thioether (sulfide) groups is 1. The predicted octanol–water partition coefficient (Wildman–Crippen LogP) is 4.60. The minimum atomic E-state index is -0.576. The van der Waals surface area contributed by atoms with Gasteiger partial charge in [-0.15, -0.1) is 0 Å². The van der Waals surface area contributed by atoms with Crippen LogP contribution in [0.1, 0.15) is 18.1 Å². The summed E-state index contributed by atoms with van der Waals surface area (Å²) in [7, 11) is 0. The van der Waals surface area contributed by atoms with E-state index in [4.69, 9.17) is 16.3 Å². The van der Waals surface area contributed by atoms with E-state index >= 15 is 0 Å². The van der Waals surface area contributed by atoms with Crippen molar-refractivity contribution in [1.82, 2.24) is 5.32 Å². The Kier molecular flexibility index (Phi) is 7.59. The van der Waals surface area contributed by atoms with Gasteiger partial charge in [0.1, 0.15) is 11.6 Å². The van der Waals surface area contributed by atoms with E-state index in [0.717, 1.165) is 5.56 Å². The van der Waals surface area contributed by atoms with Crippen LogP contribution in [0.5, 0.6) is 5.75 Å². The van der Waals surface area contributed by atoms with Crippen LogP contribution >= 0.6 is 23.4 Å². The van der Waals surface area contributed by atoms with Crippen LogP contribution in [0.2, 0.25) is 5.02 Å². The van der Waals surface area contributed by atoms with Gasteiger partial charge >= 0.3 is 0 Å². The van der Waals surface area contributed by atoms with Crippen molar-refractivity contribution in [3.05, 3.63) is 64.4 Å². The molecule has 0 aliphatic heterocycles. The molecular weight excluding hydrogens is 361 g/mol. The van der Waals surface area contributed by atoms with Crippen LogP contribution in [-0.2, 0) is 10.5 Å². The molecule has 25 heavy (non-hydrogen) atoms. The van der Waals surface area contributed by atoms with Crippen molar-refractivity contribution >= 4 is 29.3 Å². The molecule has 3 nitrogen and oxygen atoms in total. The first-order valence-electron chi connectivity index (χ1n) is 7.99. The van der Waals surface area contributed by atoms with Crippen molar-refractivity contribution in [1.29, 1.82) is 0 Å². The standard InChI is InChI=1S/C19H21ClFNO2S/c1-13-5-3-6-15(11-13)24-14(2)19(23)22-9-10-25-12-16-17(20)7-4-8-18(16)21/h3-8,11,14H,9-10,12H2,1-2H3,(H,22,23). The fourth-order valence-corrected chi connectivity index (χ4v) is 3.38. The van der Waals surface area contributed by atoms with Crippen molar-refractivity contribution in [3.8, 4) is 5.75 Å². The van der Waals surface area contributed by atoms with Gasteiger partial charge in [0.25, 0.3) is 5.91 Å². The maximum atomic E-state index is 13.6. The number of hydrogen-bond donors (Lipinski definition) is 1. The van der Waals surface area contributed by atoms with Crippen LogP contribution in [0.25, 0.3) is 0 Å². The van der Waals surface area contributed by atoms with Gasteiger partial charge in [-0.25, -0.2) is 4.39 Å². The van der Waals surface area contributed by atoms with E-state index in [9.17, 15) is 9.18 Å². The van der Waals surface area contributed by atoms with E-state index < -0.39 is 6.10 Å². The molecule has 1 amide bonds. The molecule has 0 fully saturated rings. The number of halogens is 2. The van der Waals surface area contributed by atoms with E-state index in [0.29, 0.717) is 34.4 Å². The molecule has 0 saturated carbocycles. The van der Waals surface area contributed by atoms with Gasteiger partial charge in [-0.1, -0.05) is 29.8 Å². The largest absolute Gasteiger partial charge is 0.481 e. The van der Waals surface area contributed by atoms with Crippen LogP contribution in [0.4, 0.5) is 4.39 Å². The Balaban J connectivity index is 1.69. The predicted molar refractivity (Wildman–Crippen MR) is 102 cm³/mol. The van der Waals surface area contributed by atoms with Gasteiger partial charge in [-0.05, 0) is 43.7 Å². The van der Waals surface area contributed by atoms with Crippen molar-refractivity contribution in [2.45, 2.75) is 25.7 Å². The third kappa shape index (κ3) is 6.25.